The molecule has 1 N–H and O–H groups in total. The highest BCUT2D eigenvalue weighted by molar-refractivity contribution is 6.04. The van der Waals surface area contributed by atoms with E-state index in [0.717, 1.165) is 48.7 Å². The number of nitriles is 1. The van der Waals surface area contributed by atoms with Crippen LogP contribution in [0.5, 0.6) is 0 Å². The van der Waals surface area contributed by atoms with E-state index in [-0.39, 0.29) is 11.4 Å². The Kier molecular flexibility index (Phi) is 7.80. The van der Waals surface area contributed by atoms with E-state index < -0.39 is 5.41 Å². The molecule has 0 aliphatic carbocycles. The number of hydrogen-bond donors (Lipinski definition) is 1. The molecule has 0 atom stereocenters. The topological polar surface area (TPSA) is 116 Å². The van der Waals surface area contributed by atoms with E-state index in [9.17, 15) is 10.1 Å². The summed E-state index contributed by atoms with van der Waals surface area (Å²) in [6.45, 7) is 16.2. The van der Waals surface area contributed by atoms with Gasteiger partial charge in [-0.2, -0.15) is 5.26 Å². The molecule has 42 heavy (non-hydrogen) atoms. The van der Waals surface area contributed by atoms with E-state index in [4.69, 9.17) is 0 Å². The minimum Gasteiger partial charge on any atom is -0.368 e. The maximum absolute atomic E-state index is 13.1. The van der Waals surface area contributed by atoms with Crippen LogP contribution in [0.2, 0.25) is 0 Å². The molecule has 1 saturated heterocycles. The number of nitrogens with one attached hydrogen (secondary N) is 1. The van der Waals surface area contributed by atoms with Gasteiger partial charge in [-0.15, -0.1) is 5.10 Å². The molecule has 0 unspecified atom stereocenters. The summed E-state index contributed by atoms with van der Waals surface area (Å²) >= 11 is 0. The van der Waals surface area contributed by atoms with E-state index in [1.807, 2.05) is 45.3 Å². The maximum Gasteiger partial charge on any atom is 0.255 e. The normalized spacial score (nSPS) is 14.5. The van der Waals surface area contributed by atoms with Crippen LogP contribution in [0.3, 0.4) is 0 Å². The molecule has 10 nitrogen and oxygen atoms in total. The van der Waals surface area contributed by atoms with Crippen LogP contribution in [-0.4, -0.2) is 67.5 Å². The van der Waals surface area contributed by atoms with Gasteiger partial charge >= 0.3 is 0 Å². The first-order valence-electron chi connectivity index (χ1n) is 14.1. The second kappa shape index (κ2) is 11.3. The maximum atomic E-state index is 13.1. The predicted octanol–water partition coefficient (Wildman–Crippen LogP) is 5.01. The number of piperazine rings is 1. The average Bonchev–Trinajstić information content (AvgIpc) is 3.48. The second-order valence-corrected chi connectivity index (χ2v) is 12.2. The molecular weight excluding hydrogens is 526 g/mol. The van der Waals surface area contributed by atoms with E-state index in [2.05, 4.69) is 68.3 Å². The first-order chi connectivity index (χ1) is 19.9. The zero-order valence-corrected chi connectivity index (χ0v) is 25.1. The summed E-state index contributed by atoms with van der Waals surface area (Å²) in [6, 6.07) is 13.3. The largest absolute Gasteiger partial charge is 0.368 e. The van der Waals surface area contributed by atoms with Crippen molar-refractivity contribution in [3.63, 3.8) is 0 Å². The number of benzene rings is 1. The van der Waals surface area contributed by atoms with Crippen LogP contribution in [0, 0.1) is 18.3 Å². The Balaban J connectivity index is 1.33. The van der Waals surface area contributed by atoms with Gasteiger partial charge in [-0.25, -0.2) is 4.68 Å². The molecule has 3 aromatic heterocycles. The van der Waals surface area contributed by atoms with E-state index in [0.29, 0.717) is 22.6 Å². The summed E-state index contributed by atoms with van der Waals surface area (Å²) in [5.74, 6) is -0.285. The molecule has 5 rings (SSSR count). The number of amides is 1. The van der Waals surface area contributed by atoms with Crippen LogP contribution in [0.15, 0.2) is 61.2 Å². The molecule has 0 bridgehead atoms. The van der Waals surface area contributed by atoms with Gasteiger partial charge in [0.05, 0.1) is 52.8 Å². The van der Waals surface area contributed by atoms with Gasteiger partial charge in [0.25, 0.3) is 5.91 Å². The molecule has 1 fully saturated rings. The van der Waals surface area contributed by atoms with Crippen molar-refractivity contribution in [1.82, 2.24) is 29.9 Å². The monoisotopic (exact) mass is 563 g/mol. The quantitative estimate of drug-likeness (QED) is 0.348. The standard InChI is InChI=1S/C32H37N9O/c1-22-29(16-26(18-35-22)36-30(42)23-8-7-9-25(14-23)32(5,6)21-33)41-20-28(37-38-41)24-15-27(19-34-17-24)39-10-12-40(13-11-39)31(2,3)4/h7-9,14-20H,10-13H2,1-6H3,(H,36,42). The number of hydrogen-bond acceptors (Lipinski definition) is 8. The van der Waals surface area contributed by atoms with Gasteiger partial charge in [0.1, 0.15) is 5.69 Å². The Hall–Kier alpha value is -4.62. The third-order valence-electron chi connectivity index (χ3n) is 7.80. The van der Waals surface area contributed by atoms with Crippen molar-refractivity contribution < 1.29 is 4.79 Å². The molecule has 0 saturated carbocycles. The Morgan fingerprint density at radius 1 is 1.00 bits per heavy atom. The molecular formula is C32H37N9O. The van der Waals surface area contributed by atoms with Crippen LogP contribution < -0.4 is 10.2 Å². The summed E-state index contributed by atoms with van der Waals surface area (Å²) in [4.78, 5) is 26.9. The molecule has 1 aliphatic heterocycles. The van der Waals surface area contributed by atoms with Crippen molar-refractivity contribution in [3.8, 4) is 23.0 Å². The minimum atomic E-state index is -0.698. The highest BCUT2D eigenvalue weighted by atomic mass is 16.1. The summed E-state index contributed by atoms with van der Waals surface area (Å²) < 4.78 is 1.66. The van der Waals surface area contributed by atoms with Gasteiger partial charge in [0.15, 0.2) is 0 Å². The molecule has 1 aromatic carbocycles. The zero-order chi connectivity index (χ0) is 30.1. The molecule has 1 aliphatic rings. The number of carbonyl (C=O) groups is 1. The van der Waals surface area contributed by atoms with Crippen molar-refractivity contribution in [1.29, 1.82) is 5.26 Å². The van der Waals surface area contributed by atoms with E-state index in [1.165, 1.54) is 0 Å². The van der Waals surface area contributed by atoms with Crippen molar-refractivity contribution in [2.75, 3.05) is 36.4 Å². The lowest BCUT2D eigenvalue weighted by Gasteiger charge is -2.43. The fraction of sp³-hybridized carbons (Fsp3) is 0.375. The lowest BCUT2D eigenvalue weighted by molar-refractivity contribution is 0.102. The Bertz CT molecular complexity index is 1640. The van der Waals surface area contributed by atoms with Gasteiger partial charge in [-0.05, 0) is 71.4 Å². The molecule has 4 aromatic rings. The lowest BCUT2D eigenvalue weighted by Crippen LogP contribution is -2.53. The van der Waals surface area contributed by atoms with E-state index in [1.54, 1.807) is 35.3 Å². The molecule has 0 spiro atoms. The first kappa shape index (κ1) is 28.9. The Morgan fingerprint density at radius 2 is 1.76 bits per heavy atom. The Morgan fingerprint density at radius 3 is 2.48 bits per heavy atom. The second-order valence-electron chi connectivity index (χ2n) is 12.2. The summed E-state index contributed by atoms with van der Waals surface area (Å²) in [7, 11) is 0. The Labute approximate surface area is 247 Å². The SMILES string of the molecule is Cc1ncc(NC(=O)c2cccc(C(C)(C)C#N)c2)cc1-n1cc(-c2cncc(N3CCN(C(C)(C)C)CC3)c2)nn1. The smallest absolute Gasteiger partial charge is 0.255 e. The van der Waals surface area contributed by atoms with Gasteiger partial charge in [0, 0.05) is 49.0 Å². The molecule has 216 valence electrons. The summed E-state index contributed by atoms with van der Waals surface area (Å²) in [5, 5.41) is 21.2. The molecule has 10 heteroatoms. The van der Waals surface area contributed by atoms with Crippen LogP contribution in [0.25, 0.3) is 16.9 Å². The zero-order valence-electron chi connectivity index (χ0n) is 25.1. The van der Waals surface area contributed by atoms with Crippen molar-refractivity contribution >= 4 is 17.3 Å². The van der Waals surface area contributed by atoms with Crippen molar-refractivity contribution in [3.05, 3.63) is 78.0 Å². The lowest BCUT2D eigenvalue weighted by atomic mass is 9.85. The van der Waals surface area contributed by atoms with Crippen molar-refractivity contribution in [2.24, 2.45) is 0 Å². The molecule has 4 heterocycles. The highest BCUT2D eigenvalue weighted by Gasteiger charge is 2.26. The fourth-order valence-electron chi connectivity index (χ4n) is 5.03. The van der Waals surface area contributed by atoms with Crippen molar-refractivity contribution in [2.45, 2.75) is 52.5 Å². The average molecular weight is 564 g/mol. The third kappa shape index (κ3) is 6.16. The summed E-state index contributed by atoms with van der Waals surface area (Å²) in [5.41, 5.74) is 5.33. The van der Waals surface area contributed by atoms with Crippen LogP contribution in [0.4, 0.5) is 11.4 Å². The number of aromatic nitrogens is 5. The third-order valence-corrected chi connectivity index (χ3v) is 7.80. The van der Waals surface area contributed by atoms with Gasteiger partial charge in [-0.3, -0.25) is 19.7 Å². The highest BCUT2D eigenvalue weighted by Crippen LogP contribution is 2.27. The van der Waals surface area contributed by atoms with Crippen LogP contribution in [-0.2, 0) is 5.41 Å². The van der Waals surface area contributed by atoms with Crippen LogP contribution in [0.1, 0.15) is 56.2 Å². The number of pyridine rings is 2. The number of anilines is 2. The first-order valence-corrected chi connectivity index (χ1v) is 14.1. The van der Waals surface area contributed by atoms with E-state index >= 15 is 0 Å². The number of carbonyl (C=O) groups excluding carboxylic acids is 1. The van der Waals surface area contributed by atoms with Gasteiger partial charge in [0.2, 0.25) is 0 Å². The minimum absolute atomic E-state index is 0.165. The van der Waals surface area contributed by atoms with Crippen LogP contribution >= 0.6 is 0 Å². The van der Waals surface area contributed by atoms with Gasteiger partial charge < -0.3 is 10.2 Å². The molecule has 1 amide bonds. The summed E-state index contributed by atoms with van der Waals surface area (Å²) in [6.07, 6.45) is 7.16. The molecule has 0 radical (unpaired) electrons. The predicted molar refractivity (Wildman–Crippen MR) is 164 cm³/mol. The number of rotatable bonds is 6. The van der Waals surface area contributed by atoms with Gasteiger partial charge in [-0.1, -0.05) is 17.3 Å². The fourth-order valence-corrected chi connectivity index (χ4v) is 5.03. The number of nitrogens with zero attached hydrogens (tertiary/aromatic N) is 8. The number of aryl methyl sites for hydroxylation is 1.